The first-order valence-corrected chi connectivity index (χ1v) is 10.1. The zero-order valence-electron chi connectivity index (χ0n) is 17.5. The molecule has 0 aromatic carbocycles. The lowest BCUT2D eigenvalue weighted by Crippen LogP contribution is -2.39. The predicted molar refractivity (Wildman–Crippen MR) is 115 cm³/mol. The summed E-state index contributed by atoms with van der Waals surface area (Å²) in [6.45, 7) is 3.45. The van der Waals surface area contributed by atoms with Crippen molar-refractivity contribution in [1.82, 2.24) is 20.2 Å². The number of hydrogen-bond acceptors (Lipinski definition) is 8. The van der Waals surface area contributed by atoms with Gasteiger partial charge in [0.15, 0.2) is 11.5 Å². The highest BCUT2D eigenvalue weighted by atomic mass is 16.5. The smallest absolute Gasteiger partial charge is 0.269 e. The van der Waals surface area contributed by atoms with E-state index in [0.29, 0.717) is 11.4 Å². The Labute approximate surface area is 180 Å². The monoisotopic (exact) mass is 420 g/mol. The van der Waals surface area contributed by atoms with Gasteiger partial charge < -0.3 is 20.1 Å². The van der Waals surface area contributed by atoms with Crippen LogP contribution in [0.3, 0.4) is 0 Å². The Morgan fingerprint density at radius 2 is 1.97 bits per heavy atom. The summed E-state index contributed by atoms with van der Waals surface area (Å²) >= 11 is 0. The van der Waals surface area contributed by atoms with Crippen molar-refractivity contribution in [2.75, 3.05) is 25.1 Å². The number of carbonyl (C=O) groups excluding carboxylic acids is 1. The first-order valence-electron chi connectivity index (χ1n) is 10.1. The third-order valence-corrected chi connectivity index (χ3v) is 5.34. The summed E-state index contributed by atoms with van der Waals surface area (Å²) in [5.41, 5.74) is 8.02. The number of piperidine rings is 1. The lowest BCUT2D eigenvalue weighted by molar-refractivity contribution is 0.0995. The maximum Gasteiger partial charge on any atom is 0.269 e. The highest BCUT2D eigenvalue weighted by Gasteiger charge is 2.26. The van der Waals surface area contributed by atoms with E-state index in [0.717, 1.165) is 48.6 Å². The Hall–Kier alpha value is -3.75. The third kappa shape index (κ3) is 4.40. The molecule has 1 amide bonds. The lowest BCUT2D eigenvalue weighted by atomic mass is 9.99. The summed E-state index contributed by atoms with van der Waals surface area (Å²) in [6, 6.07) is 7.34. The number of primary amides is 1. The van der Waals surface area contributed by atoms with E-state index in [1.807, 2.05) is 25.1 Å². The number of rotatable bonds is 6. The van der Waals surface area contributed by atoms with Gasteiger partial charge in [-0.25, -0.2) is 4.98 Å². The second-order valence-electron chi connectivity index (χ2n) is 7.32. The van der Waals surface area contributed by atoms with Crippen LogP contribution in [0.5, 0.6) is 11.6 Å². The molecular formula is C22H24N6O3. The Kier molecular flexibility index (Phi) is 5.92. The standard InChI is InChI=1S/C22H24N6O3/c1-14-19(15-4-3-9-24-12-15)20(21(23)29)26-27-22(14)28-10-7-16(8-11-28)31-17-5-6-18(30-2)25-13-17/h3-6,9,12-13,16H,7-8,10-11H2,1-2H3,(H2,23,29). The van der Waals surface area contributed by atoms with Crippen molar-refractivity contribution in [3.63, 3.8) is 0 Å². The number of hydrogen-bond donors (Lipinski definition) is 1. The van der Waals surface area contributed by atoms with Crippen molar-refractivity contribution < 1.29 is 14.3 Å². The summed E-state index contributed by atoms with van der Waals surface area (Å²) in [4.78, 5) is 22.5. The van der Waals surface area contributed by atoms with Crippen molar-refractivity contribution in [2.45, 2.75) is 25.9 Å². The first-order chi connectivity index (χ1) is 15.1. The van der Waals surface area contributed by atoms with Crippen molar-refractivity contribution in [2.24, 2.45) is 5.73 Å². The number of anilines is 1. The van der Waals surface area contributed by atoms with E-state index in [9.17, 15) is 4.79 Å². The molecule has 0 spiro atoms. The van der Waals surface area contributed by atoms with Gasteiger partial charge in [-0.1, -0.05) is 6.07 Å². The van der Waals surface area contributed by atoms with Crippen molar-refractivity contribution in [3.8, 4) is 22.8 Å². The van der Waals surface area contributed by atoms with Crippen LogP contribution in [0, 0.1) is 6.92 Å². The Bertz CT molecular complexity index is 1050. The van der Waals surface area contributed by atoms with Gasteiger partial charge in [0.1, 0.15) is 11.9 Å². The van der Waals surface area contributed by atoms with Crippen LogP contribution in [0.15, 0.2) is 42.9 Å². The number of nitrogens with two attached hydrogens (primary N) is 1. The highest BCUT2D eigenvalue weighted by Crippen LogP contribution is 2.32. The molecule has 1 aliphatic rings. The van der Waals surface area contributed by atoms with Crippen LogP contribution < -0.4 is 20.1 Å². The van der Waals surface area contributed by atoms with Gasteiger partial charge in [0, 0.05) is 61.1 Å². The number of methoxy groups -OCH3 is 1. The van der Waals surface area contributed by atoms with Gasteiger partial charge in [0.25, 0.3) is 5.91 Å². The van der Waals surface area contributed by atoms with Gasteiger partial charge in [-0.05, 0) is 19.1 Å². The number of nitrogens with zero attached hydrogens (tertiary/aromatic N) is 5. The minimum absolute atomic E-state index is 0.0856. The van der Waals surface area contributed by atoms with Crippen molar-refractivity contribution in [3.05, 3.63) is 54.1 Å². The van der Waals surface area contributed by atoms with E-state index in [1.165, 1.54) is 0 Å². The predicted octanol–water partition coefficient (Wildman–Crippen LogP) is 2.40. The number of amides is 1. The molecule has 9 nitrogen and oxygen atoms in total. The lowest BCUT2D eigenvalue weighted by Gasteiger charge is -2.33. The van der Waals surface area contributed by atoms with Gasteiger partial charge in [0.2, 0.25) is 5.88 Å². The molecule has 3 aromatic rings. The minimum atomic E-state index is -0.610. The molecule has 31 heavy (non-hydrogen) atoms. The average molecular weight is 420 g/mol. The van der Waals surface area contributed by atoms with Crippen LogP contribution in [0.2, 0.25) is 0 Å². The van der Waals surface area contributed by atoms with Crippen LogP contribution in [-0.4, -0.2) is 52.4 Å². The zero-order chi connectivity index (χ0) is 21.8. The molecule has 0 bridgehead atoms. The molecule has 1 fully saturated rings. The fourth-order valence-corrected chi connectivity index (χ4v) is 3.78. The summed E-state index contributed by atoms with van der Waals surface area (Å²) in [6.07, 6.45) is 6.79. The molecular weight excluding hydrogens is 396 g/mol. The van der Waals surface area contributed by atoms with Crippen molar-refractivity contribution >= 4 is 11.7 Å². The zero-order valence-corrected chi connectivity index (χ0v) is 17.5. The number of carbonyl (C=O) groups is 1. The molecule has 0 atom stereocenters. The molecule has 0 radical (unpaired) electrons. The average Bonchev–Trinajstić information content (AvgIpc) is 2.80. The molecule has 1 aliphatic heterocycles. The summed E-state index contributed by atoms with van der Waals surface area (Å²) in [5.74, 6) is 1.41. The molecule has 4 rings (SSSR count). The summed E-state index contributed by atoms with van der Waals surface area (Å²) in [7, 11) is 1.58. The number of aromatic nitrogens is 4. The Balaban J connectivity index is 1.51. The summed E-state index contributed by atoms with van der Waals surface area (Å²) in [5, 5.41) is 8.48. The van der Waals surface area contributed by atoms with E-state index in [1.54, 1.807) is 31.8 Å². The molecule has 3 aromatic heterocycles. The molecule has 0 unspecified atom stereocenters. The fourth-order valence-electron chi connectivity index (χ4n) is 3.78. The Morgan fingerprint density at radius 3 is 2.58 bits per heavy atom. The second-order valence-corrected chi connectivity index (χ2v) is 7.32. The molecule has 2 N–H and O–H groups in total. The highest BCUT2D eigenvalue weighted by molar-refractivity contribution is 5.99. The molecule has 1 saturated heterocycles. The largest absolute Gasteiger partial charge is 0.489 e. The van der Waals surface area contributed by atoms with Gasteiger partial charge in [0.05, 0.1) is 13.3 Å². The number of pyridine rings is 2. The molecule has 9 heteroatoms. The van der Waals surface area contributed by atoms with Crippen LogP contribution in [0.4, 0.5) is 5.82 Å². The van der Waals surface area contributed by atoms with Crippen LogP contribution in [0.1, 0.15) is 28.9 Å². The second kappa shape index (κ2) is 8.95. The molecule has 0 saturated carbocycles. The summed E-state index contributed by atoms with van der Waals surface area (Å²) < 4.78 is 11.1. The fraction of sp³-hybridized carbons (Fsp3) is 0.318. The van der Waals surface area contributed by atoms with E-state index >= 15 is 0 Å². The van der Waals surface area contributed by atoms with Gasteiger partial charge >= 0.3 is 0 Å². The normalized spacial score (nSPS) is 14.3. The van der Waals surface area contributed by atoms with E-state index in [-0.39, 0.29) is 11.8 Å². The van der Waals surface area contributed by atoms with Crippen LogP contribution in [0.25, 0.3) is 11.1 Å². The van der Waals surface area contributed by atoms with Gasteiger partial charge in [-0.15, -0.1) is 10.2 Å². The SMILES string of the molecule is COc1ccc(OC2CCN(c3nnc(C(N)=O)c(-c4cccnc4)c3C)CC2)cn1. The van der Waals surface area contributed by atoms with Crippen molar-refractivity contribution in [1.29, 1.82) is 0 Å². The van der Waals surface area contributed by atoms with Gasteiger partial charge in [-0.2, -0.15) is 0 Å². The first kappa shape index (κ1) is 20.5. The quantitative estimate of drug-likeness (QED) is 0.646. The van der Waals surface area contributed by atoms with Crippen LogP contribution in [-0.2, 0) is 0 Å². The van der Waals surface area contributed by atoms with E-state index in [2.05, 4.69) is 25.1 Å². The molecule has 0 aliphatic carbocycles. The molecule has 4 heterocycles. The van der Waals surface area contributed by atoms with Crippen LogP contribution >= 0.6 is 0 Å². The van der Waals surface area contributed by atoms with E-state index < -0.39 is 5.91 Å². The maximum absolute atomic E-state index is 11.9. The minimum Gasteiger partial charge on any atom is -0.489 e. The molecule has 160 valence electrons. The number of ether oxygens (including phenoxy) is 2. The topological polar surface area (TPSA) is 116 Å². The van der Waals surface area contributed by atoms with E-state index in [4.69, 9.17) is 15.2 Å². The van der Waals surface area contributed by atoms with Gasteiger partial charge in [-0.3, -0.25) is 9.78 Å². The Morgan fingerprint density at radius 1 is 1.16 bits per heavy atom. The third-order valence-electron chi connectivity index (χ3n) is 5.34. The maximum atomic E-state index is 11.9.